The number of H-pyrrole nitrogens is 1. The van der Waals surface area contributed by atoms with E-state index in [0.29, 0.717) is 24.2 Å². The third-order valence-electron chi connectivity index (χ3n) is 3.72. The highest BCUT2D eigenvalue weighted by atomic mass is 32.2. The number of carbonyl (C=O) groups excluding carboxylic acids is 1. The SMILES string of the molecule is CCN(C(=O)c1cc2occc2[nH]1)C1CCS(=O)(=O)C1. The van der Waals surface area contributed by atoms with Crippen molar-refractivity contribution < 1.29 is 17.6 Å². The summed E-state index contributed by atoms with van der Waals surface area (Å²) in [5.41, 5.74) is 1.83. The van der Waals surface area contributed by atoms with E-state index in [9.17, 15) is 13.2 Å². The molecule has 108 valence electrons. The number of hydrogen-bond acceptors (Lipinski definition) is 4. The number of nitrogens with one attached hydrogen (secondary N) is 1. The minimum absolute atomic E-state index is 0.0589. The van der Waals surface area contributed by atoms with Crippen LogP contribution in [0.25, 0.3) is 11.1 Å². The monoisotopic (exact) mass is 296 g/mol. The Kier molecular flexibility index (Phi) is 3.08. The topological polar surface area (TPSA) is 83.4 Å². The molecule has 0 aromatic carbocycles. The predicted octanol–water partition coefficient (Wildman–Crippen LogP) is 1.41. The zero-order chi connectivity index (χ0) is 14.3. The summed E-state index contributed by atoms with van der Waals surface area (Å²) in [7, 11) is -3.00. The van der Waals surface area contributed by atoms with E-state index in [4.69, 9.17) is 4.42 Å². The van der Waals surface area contributed by atoms with Crippen molar-refractivity contribution in [1.29, 1.82) is 0 Å². The van der Waals surface area contributed by atoms with Crippen molar-refractivity contribution in [3.63, 3.8) is 0 Å². The van der Waals surface area contributed by atoms with E-state index in [1.54, 1.807) is 23.3 Å². The Morgan fingerprint density at radius 3 is 2.95 bits per heavy atom. The van der Waals surface area contributed by atoms with Crippen LogP contribution >= 0.6 is 0 Å². The van der Waals surface area contributed by atoms with Crippen LogP contribution in [0.4, 0.5) is 0 Å². The lowest BCUT2D eigenvalue weighted by Gasteiger charge is -2.26. The standard InChI is InChI=1S/C13H16N2O4S/c1-2-15(9-4-6-20(17,18)8-9)13(16)11-7-12-10(14-11)3-5-19-12/h3,5,7,9,14H,2,4,6,8H2,1H3. The van der Waals surface area contributed by atoms with Crippen molar-refractivity contribution >= 4 is 26.8 Å². The Bertz CT molecular complexity index is 715. The zero-order valence-electron chi connectivity index (χ0n) is 11.1. The molecule has 3 rings (SSSR count). The minimum Gasteiger partial charge on any atom is -0.463 e. The maximum atomic E-state index is 12.5. The highest BCUT2D eigenvalue weighted by molar-refractivity contribution is 7.91. The van der Waals surface area contributed by atoms with Crippen LogP contribution in [-0.4, -0.2) is 48.3 Å². The number of rotatable bonds is 3. The summed E-state index contributed by atoms with van der Waals surface area (Å²) in [5, 5.41) is 0. The van der Waals surface area contributed by atoms with E-state index in [1.807, 2.05) is 6.92 Å². The van der Waals surface area contributed by atoms with Crippen LogP contribution < -0.4 is 0 Å². The Hall–Kier alpha value is -1.76. The molecule has 6 nitrogen and oxygen atoms in total. The molecule has 20 heavy (non-hydrogen) atoms. The van der Waals surface area contributed by atoms with E-state index >= 15 is 0 Å². The van der Waals surface area contributed by atoms with E-state index in [0.717, 1.165) is 5.52 Å². The summed E-state index contributed by atoms with van der Waals surface area (Å²) in [6.45, 7) is 2.34. The van der Waals surface area contributed by atoms with Gasteiger partial charge in [-0.15, -0.1) is 0 Å². The van der Waals surface area contributed by atoms with Crippen LogP contribution in [0, 0.1) is 0 Å². The lowest BCUT2D eigenvalue weighted by atomic mass is 10.2. The summed E-state index contributed by atoms with van der Waals surface area (Å²) in [5.74, 6) is 0.0405. The average Bonchev–Trinajstić information content (AvgIpc) is 3.03. The van der Waals surface area contributed by atoms with Crippen LogP contribution in [0.15, 0.2) is 22.8 Å². The van der Waals surface area contributed by atoms with E-state index < -0.39 is 9.84 Å². The van der Waals surface area contributed by atoms with Gasteiger partial charge in [-0.05, 0) is 13.3 Å². The molecule has 1 aliphatic heterocycles. The van der Waals surface area contributed by atoms with Gasteiger partial charge in [0.05, 0.1) is 23.3 Å². The summed E-state index contributed by atoms with van der Waals surface area (Å²) < 4.78 is 28.3. The molecule has 1 saturated heterocycles. The molecule has 0 aliphatic carbocycles. The molecular formula is C13H16N2O4S. The molecule has 1 N–H and O–H groups in total. The fourth-order valence-electron chi connectivity index (χ4n) is 2.71. The molecule has 1 unspecified atom stereocenters. The van der Waals surface area contributed by atoms with Gasteiger partial charge < -0.3 is 14.3 Å². The third-order valence-corrected chi connectivity index (χ3v) is 5.47. The first-order valence-corrected chi connectivity index (χ1v) is 8.40. The number of nitrogens with zero attached hydrogens (tertiary/aromatic N) is 1. The van der Waals surface area contributed by atoms with Crippen molar-refractivity contribution in [3.05, 3.63) is 24.1 Å². The molecule has 2 aromatic rings. The quantitative estimate of drug-likeness (QED) is 0.928. The third kappa shape index (κ3) is 2.22. The molecular weight excluding hydrogens is 280 g/mol. The van der Waals surface area contributed by atoms with Crippen molar-refractivity contribution in [2.75, 3.05) is 18.1 Å². The maximum absolute atomic E-state index is 12.5. The van der Waals surface area contributed by atoms with Gasteiger partial charge in [0.15, 0.2) is 15.4 Å². The Morgan fingerprint density at radius 1 is 1.55 bits per heavy atom. The maximum Gasteiger partial charge on any atom is 0.270 e. The smallest absolute Gasteiger partial charge is 0.270 e. The highest BCUT2D eigenvalue weighted by Gasteiger charge is 2.34. The first-order valence-electron chi connectivity index (χ1n) is 6.58. The number of sulfone groups is 1. The Balaban J connectivity index is 1.85. The van der Waals surface area contributed by atoms with Crippen LogP contribution in [0.5, 0.6) is 0 Å². The molecule has 7 heteroatoms. The number of hydrogen-bond donors (Lipinski definition) is 1. The molecule has 2 aromatic heterocycles. The summed E-state index contributed by atoms with van der Waals surface area (Å²) in [6, 6.07) is 3.18. The summed E-state index contributed by atoms with van der Waals surface area (Å²) >= 11 is 0. The average molecular weight is 296 g/mol. The molecule has 0 radical (unpaired) electrons. The van der Waals surface area contributed by atoms with Gasteiger partial charge in [-0.2, -0.15) is 0 Å². The fraction of sp³-hybridized carbons (Fsp3) is 0.462. The number of amides is 1. The van der Waals surface area contributed by atoms with Crippen molar-refractivity contribution in [2.24, 2.45) is 0 Å². The van der Waals surface area contributed by atoms with Gasteiger partial charge >= 0.3 is 0 Å². The van der Waals surface area contributed by atoms with Gasteiger partial charge in [0.25, 0.3) is 5.91 Å². The molecule has 1 aliphatic rings. The lowest BCUT2D eigenvalue weighted by Crippen LogP contribution is -2.41. The zero-order valence-corrected chi connectivity index (χ0v) is 11.9. The first kappa shape index (κ1) is 13.2. The Morgan fingerprint density at radius 2 is 2.35 bits per heavy atom. The van der Waals surface area contributed by atoms with Gasteiger partial charge in [-0.25, -0.2) is 8.42 Å². The molecule has 0 spiro atoms. The number of fused-ring (bicyclic) bond motifs is 1. The molecule has 1 amide bonds. The van der Waals surface area contributed by atoms with Crippen molar-refractivity contribution in [1.82, 2.24) is 9.88 Å². The lowest BCUT2D eigenvalue weighted by molar-refractivity contribution is 0.0703. The number of furan rings is 1. The second kappa shape index (κ2) is 4.66. The largest absolute Gasteiger partial charge is 0.463 e. The Labute approximate surface area is 116 Å². The number of carbonyl (C=O) groups is 1. The molecule has 3 heterocycles. The summed E-state index contributed by atoms with van der Waals surface area (Å²) in [4.78, 5) is 17.1. The molecule has 0 saturated carbocycles. The van der Waals surface area contributed by atoms with E-state index in [2.05, 4.69) is 4.98 Å². The highest BCUT2D eigenvalue weighted by Crippen LogP contribution is 2.22. The van der Waals surface area contributed by atoms with Gasteiger partial charge in [-0.1, -0.05) is 0 Å². The van der Waals surface area contributed by atoms with Crippen LogP contribution in [0.2, 0.25) is 0 Å². The van der Waals surface area contributed by atoms with Crippen LogP contribution in [0.1, 0.15) is 23.8 Å². The molecule has 1 atom stereocenters. The van der Waals surface area contributed by atoms with Crippen LogP contribution in [-0.2, 0) is 9.84 Å². The van der Waals surface area contributed by atoms with Gasteiger partial charge in [0, 0.05) is 24.7 Å². The second-order valence-corrected chi connectivity index (χ2v) is 7.26. The van der Waals surface area contributed by atoms with Crippen LogP contribution in [0.3, 0.4) is 0 Å². The van der Waals surface area contributed by atoms with Gasteiger partial charge in [-0.3, -0.25) is 4.79 Å². The second-order valence-electron chi connectivity index (χ2n) is 5.03. The molecule has 1 fully saturated rings. The number of aromatic nitrogens is 1. The van der Waals surface area contributed by atoms with Crippen molar-refractivity contribution in [2.45, 2.75) is 19.4 Å². The minimum atomic E-state index is -3.00. The summed E-state index contributed by atoms with van der Waals surface area (Å²) in [6.07, 6.45) is 2.06. The first-order chi connectivity index (χ1) is 9.50. The fourth-order valence-corrected chi connectivity index (χ4v) is 4.44. The van der Waals surface area contributed by atoms with Gasteiger partial charge in [0.2, 0.25) is 0 Å². The van der Waals surface area contributed by atoms with Crippen molar-refractivity contribution in [3.8, 4) is 0 Å². The van der Waals surface area contributed by atoms with Gasteiger partial charge in [0.1, 0.15) is 5.69 Å². The molecule has 0 bridgehead atoms. The van der Waals surface area contributed by atoms with E-state index in [1.165, 1.54) is 0 Å². The normalized spacial score (nSPS) is 21.4. The predicted molar refractivity (Wildman–Crippen MR) is 74.3 cm³/mol. The number of aromatic amines is 1. The van der Waals surface area contributed by atoms with E-state index in [-0.39, 0.29) is 23.5 Å².